The van der Waals surface area contributed by atoms with Gasteiger partial charge in [0.15, 0.2) is 0 Å². The number of rotatable bonds is 6. The van der Waals surface area contributed by atoms with Crippen molar-refractivity contribution in [1.82, 2.24) is 5.32 Å². The van der Waals surface area contributed by atoms with E-state index in [2.05, 4.69) is 5.32 Å². The molecule has 0 unspecified atom stereocenters. The van der Waals surface area contributed by atoms with Crippen LogP contribution in [0.25, 0.3) is 0 Å². The molecule has 7 heteroatoms. The summed E-state index contributed by atoms with van der Waals surface area (Å²) in [5.41, 5.74) is 0.262. The fourth-order valence-electron chi connectivity index (χ4n) is 3.35. The summed E-state index contributed by atoms with van der Waals surface area (Å²) in [5, 5.41) is 2.27. The molecule has 0 spiro atoms. The van der Waals surface area contributed by atoms with Gasteiger partial charge in [0.25, 0.3) is 11.8 Å². The van der Waals surface area contributed by atoms with E-state index in [1.54, 1.807) is 30.3 Å². The lowest BCUT2D eigenvalue weighted by molar-refractivity contribution is -0.122. The van der Waals surface area contributed by atoms with Gasteiger partial charge in [-0.2, -0.15) is 0 Å². The number of urea groups is 1. The van der Waals surface area contributed by atoms with Crippen LogP contribution in [-0.4, -0.2) is 22.6 Å². The van der Waals surface area contributed by atoms with E-state index in [1.807, 2.05) is 74.5 Å². The lowest BCUT2D eigenvalue weighted by atomic mass is 10.0. The molecule has 6 nitrogen and oxygen atoms in total. The van der Waals surface area contributed by atoms with Crippen molar-refractivity contribution in [3.63, 3.8) is 0 Å². The Labute approximate surface area is 196 Å². The molecule has 4 amide bonds. The molecule has 1 aliphatic rings. The fraction of sp³-hybridized carbons (Fsp3) is 0.115. The standard InChI is InChI=1S/C26H22N2O4S/c1-26(2,33-21-11-7-4-8-12-21)17-22-23(29)27-25(31)28(24(22)30)18-13-15-20(16-14-18)32-19-9-5-3-6-10-19/h3-17H,1-2H3,(H,27,29,31). The zero-order valence-electron chi connectivity index (χ0n) is 18.1. The topological polar surface area (TPSA) is 75.7 Å². The quantitative estimate of drug-likeness (QED) is 0.297. The number of hydrogen-bond donors (Lipinski definition) is 1. The van der Waals surface area contributed by atoms with Crippen molar-refractivity contribution >= 4 is 35.3 Å². The molecular formula is C26H22N2O4S. The first-order valence-electron chi connectivity index (χ1n) is 10.3. The minimum Gasteiger partial charge on any atom is -0.457 e. The first kappa shape index (κ1) is 22.4. The molecule has 1 aliphatic heterocycles. The third kappa shape index (κ3) is 5.32. The molecule has 3 aromatic rings. The second kappa shape index (κ2) is 9.34. The predicted molar refractivity (Wildman–Crippen MR) is 128 cm³/mol. The minimum absolute atomic E-state index is 0.0763. The van der Waals surface area contributed by atoms with Crippen LogP contribution in [-0.2, 0) is 9.59 Å². The lowest BCUT2D eigenvalue weighted by Crippen LogP contribution is -2.54. The molecule has 4 rings (SSSR count). The Balaban J connectivity index is 1.56. The number of carbonyl (C=O) groups excluding carboxylic acids is 3. The van der Waals surface area contributed by atoms with E-state index < -0.39 is 22.6 Å². The second-order valence-corrected chi connectivity index (χ2v) is 9.61. The monoisotopic (exact) mass is 458 g/mol. The highest BCUT2D eigenvalue weighted by molar-refractivity contribution is 8.00. The lowest BCUT2D eigenvalue weighted by Gasteiger charge is -2.28. The van der Waals surface area contributed by atoms with Gasteiger partial charge in [-0.25, -0.2) is 9.69 Å². The number of carbonyl (C=O) groups is 3. The number of nitrogens with one attached hydrogen (secondary N) is 1. The van der Waals surface area contributed by atoms with Crippen molar-refractivity contribution < 1.29 is 19.1 Å². The Kier molecular flexibility index (Phi) is 6.33. The van der Waals surface area contributed by atoms with Crippen LogP contribution in [0.1, 0.15) is 13.8 Å². The van der Waals surface area contributed by atoms with Crippen LogP contribution in [0.5, 0.6) is 11.5 Å². The van der Waals surface area contributed by atoms with Crippen molar-refractivity contribution in [2.75, 3.05) is 4.90 Å². The van der Waals surface area contributed by atoms with E-state index in [4.69, 9.17) is 4.74 Å². The molecule has 0 bridgehead atoms. The number of barbiturate groups is 1. The summed E-state index contributed by atoms with van der Waals surface area (Å²) in [6.07, 6.45) is 1.61. The largest absolute Gasteiger partial charge is 0.457 e. The summed E-state index contributed by atoms with van der Waals surface area (Å²) < 4.78 is 5.20. The molecule has 1 fully saturated rings. The van der Waals surface area contributed by atoms with Gasteiger partial charge in [-0.1, -0.05) is 42.5 Å². The Morgan fingerprint density at radius 2 is 1.39 bits per heavy atom. The Hall–Kier alpha value is -3.84. The molecule has 1 heterocycles. The van der Waals surface area contributed by atoms with Crippen LogP contribution in [0.2, 0.25) is 0 Å². The highest BCUT2D eigenvalue weighted by Crippen LogP contribution is 2.35. The first-order valence-corrected chi connectivity index (χ1v) is 11.1. The number of benzene rings is 3. The number of hydrogen-bond acceptors (Lipinski definition) is 5. The molecule has 166 valence electrons. The van der Waals surface area contributed by atoms with Gasteiger partial charge in [-0.3, -0.25) is 14.9 Å². The van der Waals surface area contributed by atoms with Crippen LogP contribution in [0.3, 0.4) is 0 Å². The molecule has 1 saturated heterocycles. The zero-order valence-corrected chi connectivity index (χ0v) is 19.0. The first-order chi connectivity index (χ1) is 15.8. The molecule has 0 radical (unpaired) electrons. The van der Waals surface area contributed by atoms with Crippen molar-refractivity contribution in [2.24, 2.45) is 0 Å². The van der Waals surface area contributed by atoms with Gasteiger partial charge >= 0.3 is 6.03 Å². The number of anilines is 1. The van der Waals surface area contributed by atoms with Gasteiger partial charge in [-0.15, -0.1) is 11.8 Å². The zero-order chi connectivity index (χ0) is 23.4. The van der Waals surface area contributed by atoms with E-state index in [0.29, 0.717) is 17.2 Å². The summed E-state index contributed by atoms with van der Waals surface area (Å²) in [6, 6.07) is 24.7. The number of imide groups is 2. The number of ether oxygens (including phenoxy) is 1. The number of amides is 4. The van der Waals surface area contributed by atoms with Crippen LogP contribution in [0, 0.1) is 0 Å². The molecule has 0 aliphatic carbocycles. The molecular weight excluding hydrogens is 436 g/mol. The van der Waals surface area contributed by atoms with Crippen molar-refractivity contribution in [3.8, 4) is 11.5 Å². The van der Waals surface area contributed by atoms with Crippen LogP contribution in [0.15, 0.2) is 101 Å². The highest BCUT2D eigenvalue weighted by Gasteiger charge is 2.38. The number of nitrogens with zero attached hydrogens (tertiary/aromatic N) is 1. The Morgan fingerprint density at radius 3 is 2.03 bits per heavy atom. The summed E-state index contributed by atoms with van der Waals surface area (Å²) in [4.78, 5) is 40.2. The average molecular weight is 459 g/mol. The fourth-order valence-corrected chi connectivity index (χ4v) is 4.43. The minimum atomic E-state index is -0.785. The van der Waals surface area contributed by atoms with E-state index >= 15 is 0 Å². The predicted octanol–water partition coefficient (Wildman–Crippen LogP) is 5.56. The maximum absolute atomic E-state index is 13.2. The maximum Gasteiger partial charge on any atom is 0.335 e. The van der Waals surface area contributed by atoms with Gasteiger partial charge in [-0.05, 0) is 62.4 Å². The molecule has 3 aromatic carbocycles. The van der Waals surface area contributed by atoms with Crippen LogP contribution < -0.4 is 15.0 Å². The van der Waals surface area contributed by atoms with E-state index in [1.165, 1.54) is 11.8 Å². The normalized spacial score (nSPS) is 15.5. The van der Waals surface area contributed by atoms with E-state index in [-0.39, 0.29) is 5.57 Å². The number of para-hydroxylation sites is 1. The summed E-state index contributed by atoms with van der Waals surface area (Å²) in [7, 11) is 0. The molecule has 0 saturated carbocycles. The van der Waals surface area contributed by atoms with Crippen LogP contribution in [0.4, 0.5) is 10.5 Å². The van der Waals surface area contributed by atoms with Crippen LogP contribution >= 0.6 is 11.8 Å². The molecule has 33 heavy (non-hydrogen) atoms. The SMILES string of the molecule is CC(C)(C=C1C(=O)NC(=O)N(c2ccc(Oc3ccccc3)cc2)C1=O)Sc1ccccc1. The average Bonchev–Trinajstić information content (AvgIpc) is 2.79. The molecule has 0 aromatic heterocycles. The summed E-state index contributed by atoms with van der Waals surface area (Å²) >= 11 is 1.52. The van der Waals surface area contributed by atoms with E-state index in [0.717, 1.165) is 9.80 Å². The summed E-state index contributed by atoms with van der Waals surface area (Å²) in [6.45, 7) is 3.82. The van der Waals surface area contributed by atoms with Gasteiger partial charge in [0.05, 0.1) is 5.69 Å². The molecule has 0 atom stereocenters. The molecule has 1 N–H and O–H groups in total. The van der Waals surface area contributed by atoms with Gasteiger partial charge in [0, 0.05) is 9.64 Å². The van der Waals surface area contributed by atoms with Gasteiger partial charge in [0.1, 0.15) is 17.1 Å². The smallest absolute Gasteiger partial charge is 0.335 e. The van der Waals surface area contributed by atoms with Crippen molar-refractivity contribution in [3.05, 3.63) is 96.6 Å². The summed E-state index contributed by atoms with van der Waals surface area (Å²) in [5.74, 6) is -0.137. The number of thioether (sulfide) groups is 1. The second-order valence-electron chi connectivity index (χ2n) is 7.89. The van der Waals surface area contributed by atoms with Gasteiger partial charge < -0.3 is 4.74 Å². The maximum atomic E-state index is 13.2. The van der Waals surface area contributed by atoms with E-state index in [9.17, 15) is 14.4 Å². The Bertz CT molecular complexity index is 1210. The van der Waals surface area contributed by atoms with Crippen molar-refractivity contribution in [2.45, 2.75) is 23.5 Å². The van der Waals surface area contributed by atoms with Gasteiger partial charge in [0.2, 0.25) is 0 Å². The Morgan fingerprint density at radius 1 is 0.818 bits per heavy atom. The highest BCUT2D eigenvalue weighted by atomic mass is 32.2. The third-order valence-electron chi connectivity index (χ3n) is 4.79. The third-order valence-corrected chi connectivity index (χ3v) is 5.94. The van der Waals surface area contributed by atoms with Crippen molar-refractivity contribution in [1.29, 1.82) is 0 Å².